The van der Waals surface area contributed by atoms with Crippen LogP contribution in [0.15, 0.2) is 0 Å². The number of piperidine rings is 2. The van der Waals surface area contributed by atoms with Crippen molar-refractivity contribution in [3.63, 3.8) is 0 Å². The first kappa shape index (κ1) is 22.1. The Bertz CT molecular complexity index is 396. The van der Waals surface area contributed by atoms with E-state index < -0.39 is 0 Å². The lowest BCUT2D eigenvalue weighted by Crippen LogP contribution is -2.50. The molecule has 2 aliphatic heterocycles. The molecule has 2 fully saturated rings. The summed E-state index contributed by atoms with van der Waals surface area (Å²) in [6.07, 6.45) is 4.27. The van der Waals surface area contributed by atoms with Crippen LogP contribution in [-0.2, 0) is 9.59 Å². The van der Waals surface area contributed by atoms with Crippen molar-refractivity contribution < 1.29 is 9.59 Å². The Morgan fingerprint density at radius 2 is 1.56 bits per heavy atom. The summed E-state index contributed by atoms with van der Waals surface area (Å²) in [7, 11) is 0. The fourth-order valence-electron chi connectivity index (χ4n) is 3.69. The topological polar surface area (TPSA) is 52.7 Å². The lowest BCUT2D eigenvalue weighted by atomic mass is 9.92. The third-order valence-corrected chi connectivity index (χ3v) is 5.35. The number of nitrogens with zero attached hydrogens (tertiary/aromatic N) is 2. The Morgan fingerprint density at radius 1 is 1.00 bits per heavy atom. The maximum atomic E-state index is 11.9. The Balaban J connectivity index is 0.00000151. The third kappa shape index (κ3) is 7.06. The molecule has 5 heteroatoms. The van der Waals surface area contributed by atoms with E-state index in [-0.39, 0.29) is 17.7 Å². The minimum atomic E-state index is 0.140. The first-order chi connectivity index (χ1) is 12.0. The van der Waals surface area contributed by atoms with Gasteiger partial charge in [0.15, 0.2) is 0 Å². The zero-order chi connectivity index (χ0) is 18.8. The van der Waals surface area contributed by atoms with E-state index in [4.69, 9.17) is 0 Å². The second-order valence-electron chi connectivity index (χ2n) is 7.33. The van der Waals surface area contributed by atoms with Crippen LogP contribution in [0.4, 0.5) is 0 Å². The van der Waals surface area contributed by atoms with Crippen molar-refractivity contribution in [2.24, 2.45) is 11.8 Å². The first-order valence-corrected chi connectivity index (χ1v) is 10.3. The molecule has 25 heavy (non-hydrogen) atoms. The summed E-state index contributed by atoms with van der Waals surface area (Å²) in [6.45, 7) is 15.4. The smallest absolute Gasteiger partial charge is 0.223 e. The molecule has 2 saturated heterocycles. The molecule has 1 N–H and O–H groups in total. The van der Waals surface area contributed by atoms with E-state index in [1.54, 1.807) is 0 Å². The fourth-order valence-corrected chi connectivity index (χ4v) is 3.69. The Hall–Kier alpha value is -0.940. The number of likely N-dealkylation sites (tertiary alicyclic amines) is 2. The first-order valence-electron chi connectivity index (χ1n) is 10.3. The van der Waals surface area contributed by atoms with Gasteiger partial charge in [-0.3, -0.25) is 14.5 Å². The van der Waals surface area contributed by atoms with E-state index in [0.717, 1.165) is 58.4 Å². The van der Waals surface area contributed by atoms with Crippen LogP contribution < -0.4 is 5.32 Å². The van der Waals surface area contributed by atoms with Crippen LogP contribution in [0.2, 0.25) is 0 Å². The number of rotatable bonds is 6. The molecule has 0 aromatic rings. The van der Waals surface area contributed by atoms with Gasteiger partial charge in [-0.1, -0.05) is 27.7 Å². The SMILES string of the molecule is CC.CCNC(=O)C1CCN(C2CCN(CC(=O)C(C)C)CC2)CC1. The largest absolute Gasteiger partial charge is 0.356 e. The lowest BCUT2D eigenvalue weighted by molar-refractivity contribution is -0.126. The van der Waals surface area contributed by atoms with Crippen molar-refractivity contribution in [2.45, 2.75) is 66.3 Å². The van der Waals surface area contributed by atoms with Gasteiger partial charge in [0.05, 0.1) is 6.54 Å². The van der Waals surface area contributed by atoms with Gasteiger partial charge in [-0.15, -0.1) is 0 Å². The number of amides is 1. The van der Waals surface area contributed by atoms with E-state index in [1.807, 2.05) is 34.6 Å². The van der Waals surface area contributed by atoms with Gasteiger partial charge in [0.2, 0.25) is 5.91 Å². The molecule has 1 amide bonds. The van der Waals surface area contributed by atoms with Gasteiger partial charge in [0.25, 0.3) is 0 Å². The molecule has 2 aliphatic rings. The molecule has 0 aromatic heterocycles. The number of Topliss-reactive ketones (excluding diaryl/α,β-unsaturated/α-hetero) is 1. The second-order valence-corrected chi connectivity index (χ2v) is 7.33. The molecular formula is C20H39N3O2. The molecule has 0 unspecified atom stereocenters. The molecule has 2 heterocycles. The number of carbonyl (C=O) groups excluding carboxylic acids is 2. The minimum Gasteiger partial charge on any atom is -0.356 e. The number of ketones is 1. The highest BCUT2D eigenvalue weighted by molar-refractivity contribution is 5.82. The summed E-state index contributed by atoms with van der Waals surface area (Å²) in [4.78, 5) is 28.6. The van der Waals surface area contributed by atoms with E-state index >= 15 is 0 Å². The van der Waals surface area contributed by atoms with Crippen molar-refractivity contribution >= 4 is 11.7 Å². The van der Waals surface area contributed by atoms with Crippen molar-refractivity contribution in [1.82, 2.24) is 15.1 Å². The fraction of sp³-hybridized carbons (Fsp3) is 0.900. The monoisotopic (exact) mass is 353 g/mol. The van der Waals surface area contributed by atoms with Crippen LogP contribution in [0.5, 0.6) is 0 Å². The van der Waals surface area contributed by atoms with Crippen molar-refractivity contribution in [3.05, 3.63) is 0 Å². The average molecular weight is 354 g/mol. The quantitative estimate of drug-likeness (QED) is 0.797. The highest BCUT2D eigenvalue weighted by Crippen LogP contribution is 2.24. The van der Waals surface area contributed by atoms with Crippen LogP contribution in [-0.4, -0.2) is 66.8 Å². The number of hydrogen-bond donors (Lipinski definition) is 1. The number of hydrogen-bond acceptors (Lipinski definition) is 4. The number of carbonyl (C=O) groups is 2. The molecule has 0 aromatic carbocycles. The predicted molar refractivity (Wildman–Crippen MR) is 104 cm³/mol. The highest BCUT2D eigenvalue weighted by Gasteiger charge is 2.30. The zero-order valence-corrected chi connectivity index (χ0v) is 17.0. The summed E-state index contributed by atoms with van der Waals surface area (Å²) in [6, 6.07) is 0.635. The number of nitrogens with one attached hydrogen (secondary N) is 1. The Labute approximate surface area is 154 Å². The summed E-state index contributed by atoms with van der Waals surface area (Å²) < 4.78 is 0. The van der Waals surface area contributed by atoms with E-state index in [0.29, 0.717) is 18.4 Å². The van der Waals surface area contributed by atoms with Crippen molar-refractivity contribution in [2.75, 3.05) is 39.3 Å². The molecule has 0 bridgehead atoms. The van der Waals surface area contributed by atoms with Crippen LogP contribution >= 0.6 is 0 Å². The molecule has 0 aliphatic carbocycles. The molecule has 146 valence electrons. The van der Waals surface area contributed by atoms with Crippen LogP contribution in [0.3, 0.4) is 0 Å². The highest BCUT2D eigenvalue weighted by atomic mass is 16.2. The van der Waals surface area contributed by atoms with Gasteiger partial charge in [-0.25, -0.2) is 0 Å². The average Bonchev–Trinajstić information content (AvgIpc) is 2.64. The van der Waals surface area contributed by atoms with Gasteiger partial charge >= 0.3 is 0 Å². The molecule has 0 spiro atoms. The summed E-state index contributed by atoms with van der Waals surface area (Å²) in [5.74, 6) is 0.927. The maximum Gasteiger partial charge on any atom is 0.223 e. The van der Waals surface area contributed by atoms with Crippen LogP contribution in [0.25, 0.3) is 0 Å². The molecule has 5 nitrogen and oxygen atoms in total. The zero-order valence-electron chi connectivity index (χ0n) is 17.0. The van der Waals surface area contributed by atoms with Crippen LogP contribution in [0.1, 0.15) is 60.3 Å². The third-order valence-electron chi connectivity index (χ3n) is 5.35. The van der Waals surface area contributed by atoms with Gasteiger partial charge in [-0.05, 0) is 45.7 Å². The van der Waals surface area contributed by atoms with Gasteiger partial charge in [0.1, 0.15) is 5.78 Å². The Kier molecular flexibility index (Phi) is 10.3. The summed E-state index contributed by atoms with van der Waals surface area (Å²) >= 11 is 0. The molecule has 0 atom stereocenters. The van der Waals surface area contributed by atoms with Gasteiger partial charge in [-0.2, -0.15) is 0 Å². The molecular weight excluding hydrogens is 314 g/mol. The summed E-state index contributed by atoms with van der Waals surface area (Å²) in [5, 5.41) is 2.95. The predicted octanol–water partition coefficient (Wildman–Crippen LogP) is 2.55. The van der Waals surface area contributed by atoms with Crippen molar-refractivity contribution in [1.29, 1.82) is 0 Å². The molecule has 0 saturated carbocycles. The normalized spacial score (nSPS) is 20.9. The van der Waals surface area contributed by atoms with E-state index in [1.165, 1.54) is 0 Å². The lowest BCUT2D eigenvalue weighted by Gasteiger charge is -2.41. The van der Waals surface area contributed by atoms with Crippen LogP contribution in [0, 0.1) is 11.8 Å². The molecule has 0 radical (unpaired) electrons. The second kappa shape index (κ2) is 11.6. The summed E-state index contributed by atoms with van der Waals surface area (Å²) in [5.41, 5.74) is 0. The molecule has 2 rings (SSSR count). The van der Waals surface area contributed by atoms with E-state index in [2.05, 4.69) is 15.1 Å². The maximum absolute atomic E-state index is 11.9. The van der Waals surface area contributed by atoms with Gasteiger partial charge in [0, 0.05) is 37.5 Å². The van der Waals surface area contributed by atoms with Gasteiger partial charge < -0.3 is 10.2 Å². The standard InChI is InChI=1S/C18H33N3O2.C2H6/c1-4-19-18(23)15-5-11-21(12-6-15)16-7-9-20(10-8-16)13-17(22)14(2)3;1-2/h14-16H,4-13H2,1-3H3,(H,19,23);1-2H3. The minimum absolute atomic E-state index is 0.140. The Morgan fingerprint density at radius 3 is 2.04 bits per heavy atom. The van der Waals surface area contributed by atoms with E-state index in [9.17, 15) is 9.59 Å². The van der Waals surface area contributed by atoms with Crippen molar-refractivity contribution in [3.8, 4) is 0 Å².